The van der Waals surface area contributed by atoms with Gasteiger partial charge in [-0.1, -0.05) is 66.7 Å². The molecule has 1 atom stereocenters. The van der Waals surface area contributed by atoms with Crippen molar-refractivity contribution in [3.63, 3.8) is 0 Å². The van der Waals surface area contributed by atoms with Crippen molar-refractivity contribution in [1.82, 2.24) is 4.72 Å². The first-order valence-electron chi connectivity index (χ1n) is 8.97. The smallest absolute Gasteiger partial charge is 0.321 e. The van der Waals surface area contributed by atoms with Crippen molar-refractivity contribution in [2.45, 2.75) is 17.9 Å². The van der Waals surface area contributed by atoms with Crippen molar-refractivity contribution >= 4 is 21.9 Å². The minimum Gasteiger partial charge on any atom is -0.480 e. The number of carboxylic acid groups (broad SMARTS) is 1. The van der Waals surface area contributed by atoms with Gasteiger partial charge in [0.1, 0.15) is 6.04 Å². The highest BCUT2D eigenvalue weighted by Gasteiger charge is 2.20. The van der Waals surface area contributed by atoms with Crippen LogP contribution in [-0.4, -0.2) is 31.4 Å². The van der Waals surface area contributed by atoms with Gasteiger partial charge in [-0.3, -0.25) is 9.59 Å². The molecule has 0 spiro atoms. The van der Waals surface area contributed by atoms with E-state index >= 15 is 0 Å². The van der Waals surface area contributed by atoms with Crippen LogP contribution in [0.25, 0.3) is 11.1 Å². The lowest BCUT2D eigenvalue weighted by atomic mass is 9.99. The number of carbonyl (C=O) groups is 2. The van der Waals surface area contributed by atoms with E-state index in [1.807, 2.05) is 53.3 Å². The van der Waals surface area contributed by atoms with Gasteiger partial charge >= 0.3 is 5.97 Å². The van der Waals surface area contributed by atoms with E-state index in [9.17, 15) is 18.0 Å². The molecule has 0 aliphatic heterocycles. The SMILES string of the molecule is C[C@H](NS(=O)(=O)c1ccccc1)C(=O)O.NC(=O)c1ccccc1-c1ccccc1. The molecule has 0 heterocycles. The predicted octanol–water partition coefficient (Wildman–Crippen LogP) is 2.89. The second-order valence-electron chi connectivity index (χ2n) is 6.27. The molecule has 156 valence electrons. The Balaban J connectivity index is 0.000000214. The quantitative estimate of drug-likeness (QED) is 0.559. The zero-order valence-electron chi connectivity index (χ0n) is 16.2. The van der Waals surface area contributed by atoms with Gasteiger partial charge in [0.2, 0.25) is 15.9 Å². The van der Waals surface area contributed by atoms with Crippen LogP contribution in [0, 0.1) is 0 Å². The number of aliphatic carboxylic acids is 1. The maximum Gasteiger partial charge on any atom is 0.321 e. The second-order valence-corrected chi connectivity index (χ2v) is 7.98. The summed E-state index contributed by atoms with van der Waals surface area (Å²) in [6.07, 6.45) is 0. The maximum atomic E-state index is 11.6. The van der Waals surface area contributed by atoms with Crippen LogP contribution in [-0.2, 0) is 14.8 Å². The van der Waals surface area contributed by atoms with Gasteiger partial charge in [-0.15, -0.1) is 0 Å². The molecule has 4 N–H and O–H groups in total. The van der Waals surface area contributed by atoms with E-state index in [4.69, 9.17) is 10.8 Å². The highest BCUT2D eigenvalue weighted by atomic mass is 32.2. The molecule has 0 radical (unpaired) electrons. The highest BCUT2D eigenvalue weighted by Crippen LogP contribution is 2.22. The largest absolute Gasteiger partial charge is 0.480 e. The Kier molecular flexibility index (Phi) is 7.85. The average Bonchev–Trinajstić information content (AvgIpc) is 2.75. The number of hydrogen-bond acceptors (Lipinski definition) is 4. The van der Waals surface area contributed by atoms with E-state index in [2.05, 4.69) is 0 Å². The summed E-state index contributed by atoms with van der Waals surface area (Å²) < 4.78 is 25.2. The number of carboxylic acids is 1. The van der Waals surface area contributed by atoms with E-state index in [1.165, 1.54) is 19.1 Å². The first-order valence-corrected chi connectivity index (χ1v) is 10.4. The fraction of sp³-hybridized carbons (Fsp3) is 0.0909. The molecule has 8 heteroatoms. The van der Waals surface area contributed by atoms with E-state index in [-0.39, 0.29) is 4.90 Å². The number of primary amides is 1. The zero-order chi connectivity index (χ0) is 22.1. The number of nitrogens with one attached hydrogen (secondary N) is 1. The maximum absolute atomic E-state index is 11.6. The fourth-order valence-corrected chi connectivity index (χ4v) is 3.74. The van der Waals surface area contributed by atoms with Gasteiger partial charge in [-0.2, -0.15) is 4.72 Å². The van der Waals surface area contributed by atoms with Crippen LogP contribution in [0.3, 0.4) is 0 Å². The van der Waals surface area contributed by atoms with Gasteiger partial charge in [0.05, 0.1) is 4.90 Å². The van der Waals surface area contributed by atoms with Gasteiger partial charge < -0.3 is 10.8 Å². The number of benzene rings is 3. The topological polar surface area (TPSA) is 127 Å². The summed E-state index contributed by atoms with van der Waals surface area (Å²) in [6.45, 7) is 1.27. The number of sulfonamides is 1. The number of nitrogens with two attached hydrogens (primary N) is 1. The molecule has 1 amide bonds. The summed E-state index contributed by atoms with van der Waals surface area (Å²) in [5.41, 5.74) is 7.76. The van der Waals surface area contributed by atoms with E-state index in [0.29, 0.717) is 5.56 Å². The van der Waals surface area contributed by atoms with Gasteiger partial charge in [0, 0.05) is 5.56 Å². The van der Waals surface area contributed by atoms with Crippen molar-refractivity contribution in [2.75, 3.05) is 0 Å². The Morgan fingerprint density at radius 2 is 1.37 bits per heavy atom. The third-order valence-corrected chi connectivity index (χ3v) is 5.59. The molecule has 0 fully saturated rings. The summed E-state index contributed by atoms with van der Waals surface area (Å²) in [5, 5.41) is 8.57. The lowest BCUT2D eigenvalue weighted by molar-refractivity contribution is -0.138. The third kappa shape index (κ3) is 6.26. The van der Waals surface area contributed by atoms with Crippen LogP contribution >= 0.6 is 0 Å². The van der Waals surface area contributed by atoms with Crippen LogP contribution < -0.4 is 10.5 Å². The molecule has 0 saturated carbocycles. The van der Waals surface area contributed by atoms with Crippen molar-refractivity contribution in [2.24, 2.45) is 5.73 Å². The Morgan fingerprint density at radius 1 is 0.867 bits per heavy atom. The first-order chi connectivity index (χ1) is 14.2. The molecular weight excluding hydrogens is 404 g/mol. The molecule has 0 aliphatic carbocycles. The van der Waals surface area contributed by atoms with Gasteiger partial charge in [0.15, 0.2) is 0 Å². The molecular formula is C22H22N2O5S. The zero-order valence-corrected chi connectivity index (χ0v) is 17.0. The van der Waals surface area contributed by atoms with Gasteiger partial charge in [-0.05, 0) is 36.2 Å². The number of rotatable bonds is 6. The minimum absolute atomic E-state index is 0.0538. The van der Waals surface area contributed by atoms with Crippen LogP contribution in [0.1, 0.15) is 17.3 Å². The Bertz CT molecular complexity index is 1100. The molecule has 30 heavy (non-hydrogen) atoms. The van der Waals surface area contributed by atoms with Crippen molar-refractivity contribution in [3.8, 4) is 11.1 Å². The van der Waals surface area contributed by atoms with Crippen LogP contribution in [0.15, 0.2) is 89.8 Å². The summed E-state index contributed by atoms with van der Waals surface area (Å²) >= 11 is 0. The minimum atomic E-state index is -3.74. The molecule has 3 aromatic carbocycles. The highest BCUT2D eigenvalue weighted by molar-refractivity contribution is 7.89. The summed E-state index contributed by atoms with van der Waals surface area (Å²) in [7, 11) is -3.74. The number of carbonyl (C=O) groups excluding carboxylic acids is 1. The van der Waals surface area contributed by atoms with Gasteiger partial charge in [0.25, 0.3) is 0 Å². The second kappa shape index (κ2) is 10.3. The first kappa shape index (κ1) is 22.8. The Labute approximate surface area is 175 Å². The van der Waals surface area contributed by atoms with Crippen LogP contribution in [0.5, 0.6) is 0 Å². The molecule has 0 saturated heterocycles. The van der Waals surface area contributed by atoms with Crippen LogP contribution in [0.4, 0.5) is 0 Å². The summed E-state index contributed by atoms with van der Waals surface area (Å²) in [6, 6.07) is 23.6. The fourth-order valence-electron chi connectivity index (χ4n) is 2.52. The molecule has 7 nitrogen and oxygen atoms in total. The van der Waals surface area contributed by atoms with Crippen molar-refractivity contribution in [3.05, 3.63) is 90.5 Å². The molecule has 0 bridgehead atoms. The Hall–Kier alpha value is -3.49. The average molecular weight is 426 g/mol. The van der Waals surface area contributed by atoms with Crippen molar-refractivity contribution < 1.29 is 23.1 Å². The van der Waals surface area contributed by atoms with E-state index < -0.39 is 27.9 Å². The summed E-state index contributed by atoms with van der Waals surface area (Å²) in [4.78, 5) is 21.8. The predicted molar refractivity (Wildman–Crippen MR) is 114 cm³/mol. The molecule has 0 aliphatic rings. The molecule has 3 rings (SSSR count). The lowest BCUT2D eigenvalue weighted by Gasteiger charge is -2.09. The van der Waals surface area contributed by atoms with Gasteiger partial charge in [-0.25, -0.2) is 8.42 Å². The van der Waals surface area contributed by atoms with Crippen LogP contribution in [0.2, 0.25) is 0 Å². The Morgan fingerprint density at radius 3 is 1.90 bits per heavy atom. The number of amides is 1. The monoisotopic (exact) mass is 426 g/mol. The normalized spacial score (nSPS) is 11.6. The molecule has 0 unspecified atom stereocenters. The third-order valence-electron chi connectivity index (χ3n) is 4.03. The standard InChI is InChI=1S/C13H11NO.C9H11NO4S/c14-13(15)12-9-5-4-8-11(12)10-6-2-1-3-7-10;1-7(9(11)12)10-15(13,14)8-5-3-2-4-6-8/h1-9H,(H2,14,15);2-7,10H,1H3,(H,11,12)/t;7-/m.0/s1. The molecule has 3 aromatic rings. The molecule has 0 aromatic heterocycles. The lowest BCUT2D eigenvalue weighted by Crippen LogP contribution is -2.38. The van der Waals surface area contributed by atoms with Crippen molar-refractivity contribution in [1.29, 1.82) is 0 Å². The summed E-state index contributed by atoms with van der Waals surface area (Å²) in [5.74, 6) is -1.61. The van der Waals surface area contributed by atoms with E-state index in [0.717, 1.165) is 11.1 Å². The number of hydrogen-bond donors (Lipinski definition) is 3. The van der Waals surface area contributed by atoms with E-state index in [1.54, 1.807) is 24.3 Å².